The maximum Gasteiger partial charge on any atom is 0.306 e. The van der Waals surface area contributed by atoms with Gasteiger partial charge in [-0.25, -0.2) is 4.98 Å². The Bertz CT molecular complexity index is 1040. The van der Waals surface area contributed by atoms with E-state index >= 15 is 0 Å². The zero-order valence-corrected chi connectivity index (χ0v) is 18.5. The molecule has 0 amide bonds. The lowest BCUT2D eigenvalue weighted by Crippen LogP contribution is -2.46. The number of rotatable bonds is 7. The molecule has 0 saturated carbocycles. The van der Waals surface area contributed by atoms with Crippen molar-refractivity contribution in [2.75, 3.05) is 44.2 Å². The van der Waals surface area contributed by atoms with Crippen LogP contribution >= 0.6 is 0 Å². The lowest BCUT2D eigenvalue weighted by molar-refractivity contribution is -0.143. The maximum absolute atomic E-state index is 11.7. The van der Waals surface area contributed by atoms with E-state index in [1.807, 2.05) is 13.0 Å². The van der Waals surface area contributed by atoms with Crippen molar-refractivity contribution in [3.63, 3.8) is 0 Å². The van der Waals surface area contributed by atoms with Gasteiger partial charge in [-0.3, -0.25) is 4.79 Å². The summed E-state index contributed by atoms with van der Waals surface area (Å²) >= 11 is 0. The van der Waals surface area contributed by atoms with E-state index in [0.717, 1.165) is 55.4 Å². The average Bonchev–Trinajstić information content (AvgIpc) is 2.82. The van der Waals surface area contributed by atoms with E-state index in [1.165, 1.54) is 10.8 Å². The number of fused-ring (bicyclic) bond motifs is 1. The van der Waals surface area contributed by atoms with Crippen molar-refractivity contribution in [2.45, 2.75) is 26.7 Å². The van der Waals surface area contributed by atoms with Gasteiger partial charge in [0.2, 0.25) is 0 Å². The molecule has 0 unspecified atom stereocenters. The summed E-state index contributed by atoms with van der Waals surface area (Å²) in [5.41, 5.74) is 3.18. The van der Waals surface area contributed by atoms with Gasteiger partial charge in [-0.15, -0.1) is 0 Å². The van der Waals surface area contributed by atoms with E-state index in [0.29, 0.717) is 19.4 Å². The highest BCUT2D eigenvalue weighted by Gasteiger charge is 2.20. The smallest absolute Gasteiger partial charge is 0.306 e. The van der Waals surface area contributed by atoms with Crippen molar-refractivity contribution >= 4 is 22.6 Å². The number of aryl methyl sites for hydroxylation is 1. The van der Waals surface area contributed by atoms with E-state index in [2.05, 4.69) is 65.3 Å². The molecule has 1 fully saturated rings. The monoisotopic (exact) mass is 417 g/mol. The largest absolute Gasteiger partial charge is 0.466 e. The molecule has 5 nitrogen and oxygen atoms in total. The van der Waals surface area contributed by atoms with Crippen LogP contribution in [0.25, 0.3) is 22.0 Å². The number of benzene rings is 2. The molecule has 1 aliphatic rings. The van der Waals surface area contributed by atoms with Gasteiger partial charge in [0.05, 0.1) is 12.3 Å². The van der Waals surface area contributed by atoms with Crippen molar-refractivity contribution in [2.24, 2.45) is 0 Å². The van der Waals surface area contributed by atoms with Crippen molar-refractivity contribution in [3.8, 4) is 11.3 Å². The molecule has 31 heavy (non-hydrogen) atoms. The molecule has 2 aromatic carbocycles. The Morgan fingerprint density at radius 2 is 1.81 bits per heavy atom. The quantitative estimate of drug-likeness (QED) is 0.528. The molecule has 2 heterocycles. The number of anilines is 1. The topological polar surface area (TPSA) is 45.7 Å². The number of hydrogen-bond acceptors (Lipinski definition) is 5. The molecule has 1 saturated heterocycles. The number of hydrogen-bond donors (Lipinski definition) is 0. The number of esters is 1. The van der Waals surface area contributed by atoms with Crippen LogP contribution in [0.15, 0.2) is 54.6 Å². The van der Waals surface area contributed by atoms with Crippen LogP contribution in [-0.4, -0.2) is 55.2 Å². The summed E-state index contributed by atoms with van der Waals surface area (Å²) in [6.07, 6.45) is 1.07. The Hall–Kier alpha value is -2.92. The summed E-state index contributed by atoms with van der Waals surface area (Å²) in [7, 11) is 0. The van der Waals surface area contributed by atoms with Gasteiger partial charge in [0.15, 0.2) is 0 Å². The summed E-state index contributed by atoms with van der Waals surface area (Å²) in [5, 5.41) is 2.41. The van der Waals surface area contributed by atoms with E-state index in [-0.39, 0.29) is 5.97 Å². The standard InChI is InChI=1S/C26H31N3O2/c1-3-28-14-16-29(17-15-28)26-23-11-6-5-9-21(23)19-24(27-26)22-10-7-8-20(18-22)12-13-25(30)31-4-2/h5-11,18-19H,3-4,12-17H2,1-2H3. The molecule has 0 atom stereocenters. The number of nitrogens with zero attached hydrogens (tertiary/aromatic N) is 3. The molecule has 0 N–H and O–H groups in total. The fraction of sp³-hybridized carbons (Fsp3) is 0.385. The summed E-state index contributed by atoms with van der Waals surface area (Å²) in [6, 6.07) is 19.0. The third kappa shape index (κ3) is 5.05. The third-order valence-electron chi connectivity index (χ3n) is 5.99. The lowest BCUT2D eigenvalue weighted by atomic mass is 10.0. The first-order valence-corrected chi connectivity index (χ1v) is 11.3. The minimum Gasteiger partial charge on any atom is -0.466 e. The molecular formula is C26H31N3O2. The minimum atomic E-state index is -0.148. The van der Waals surface area contributed by atoms with Crippen molar-refractivity contribution in [1.29, 1.82) is 0 Å². The maximum atomic E-state index is 11.7. The first kappa shape index (κ1) is 21.3. The number of piperazine rings is 1. The molecule has 5 heteroatoms. The van der Waals surface area contributed by atoms with Gasteiger partial charge in [-0.1, -0.05) is 49.4 Å². The van der Waals surface area contributed by atoms with Crippen LogP contribution in [0.2, 0.25) is 0 Å². The van der Waals surface area contributed by atoms with Crippen LogP contribution in [0.5, 0.6) is 0 Å². The first-order valence-electron chi connectivity index (χ1n) is 11.3. The van der Waals surface area contributed by atoms with Crippen molar-refractivity contribution < 1.29 is 9.53 Å². The van der Waals surface area contributed by atoms with Gasteiger partial charge >= 0.3 is 5.97 Å². The molecule has 3 aromatic rings. The average molecular weight is 418 g/mol. The summed E-state index contributed by atoms with van der Waals surface area (Å²) in [6.45, 7) is 9.71. The fourth-order valence-electron chi connectivity index (χ4n) is 4.21. The fourth-order valence-corrected chi connectivity index (χ4v) is 4.21. The van der Waals surface area contributed by atoms with Crippen LogP contribution in [0.1, 0.15) is 25.8 Å². The van der Waals surface area contributed by atoms with E-state index < -0.39 is 0 Å². The molecule has 0 spiro atoms. The summed E-state index contributed by atoms with van der Waals surface area (Å²) < 4.78 is 5.06. The second-order valence-electron chi connectivity index (χ2n) is 7.98. The second-order valence-corrected chi connectivity index (χ2v) is 7.98. The highest BCUT2D eigenvalue weighted by molar-refractivity contribution is 5.95. The van der Waals surface area contributed by atoms with Crippen LogP contribution in [-0.2, 0) is 16.0 Å². The van der Waals surface area contributed by atoms with E-state index in [1.54, 1.807) is 0 Å². The zero-order chi connectivity index (χ0) is 21.6. The van der Waals surface area contributed by atoms with Crippen LogP contribution in [0.3, 0.4) is 0 Å². The zero-order valence-electron chi connectivity index (χ0n) is 18.5. The highest BCUT2D eigenvalue weighted by atomic mass is 16.5. The molecule has 1 aliphatic heterocycles. The van der Waals surface area contributed by atoms with Crippen LogP contribution in [0, 0.1) is 0 Å². The van der Waals surface area contributed by atoms with Gasteiger partial charge in [0.25, 0.3) is 0 Å². The third-order valence-corrected chi connectivity index (χ3v) is 5.99. The minimum absolute atomic E-state index is 0.148. The van der Waals surface area contributed by atoms with E-state index in [4.69, 9.17) is 9.72 Å². The van der Waals surface area contributed by atoms with Crippen molar-refractivity contribution in [1.82, 2.24) is 9.88 Å². The Morgan fingerprint density at radius 3 is 2.58 bits per heavy atom. The number of likely N-dealkylation sites (N-methyl/N-ethyl adjacent to an activating group) is 1. The number of ether oxygens (including phenoxy) is 1. The molecular weight excluding hydrogens is 386 g/mol. The predicted octanol–water partition coefficient (Wildman–Crippen LogP) is 4.54. The Labute approximate surface area is 184 Å². The summed E-state index contributed by atoms with van der Waals surface area (Å²) in [4.78, 5) is 21.8. The van der Waals surface area contributed by atoms with Gasteiger partial charge < -0.3 is 14.5 Å². The van der Waals surface area contributed by atoms with Crippen LogP contribution < -0.4 is 4.90 Å². The predicted molar refractivity (Wildman–Crippen MR) is 126 cm³/mol. The molecule has 0 aliphatic carbocycles. The van der Waals surface area contributed by atoms with E-state index in [9.17, 15) is 4.79 Å². The van der Waals surface area contributed by atoms with Gasteiger partial charge in [0, 0.05) is 43.5 Å². The molecule has 1 aromatic heterocycles. The first-order chi connectivity index (χ1) is 15.2. The number of pyridine rings is 1. The Kier molecular flexibility index (Phi) is 6.82. The number of carbonyl (C=O) groups excluding carboxylic acids is 1. The molecule has 0 bridgehead atoms. The highest BCUT2D eigenvalue weighted by Crippen LogP contribution is 2.31. The lowest BCUT2D eigenvalue weighted by Gasteiger charge is -2.35. The van der Waals surface area contributed by atoms with Gasteiger partial charge in [-0.2, -0.15) is 0 Å². The summed E-state index contributed by atoms with van der Waals surface area (Å²) in [5.74, 6) is 0.922. The molecule has 0 radical (unpaired) electrons. The number of aromatic nitrogens is 1. The van der Waals surface area contributed by atoms with Crippen LogP contribution in [0.4, 0.5) is 5.82 Å². The molecule has 4 rings (SSSR count). The Morgan fingerprint density at radius 1 is 1.00 bits per heavy atom. The van der Waals surface area contributed by atoms with Crippen molar-refractivity contribution in [3.05, 3.63) is 60.2 Å². The normalized spacial score (nSPS) is 14.7. The van der Waals surface area contributed by atoms with Gasteiger partial charge in [-0.05, 0) is 43.0 Å². The number of carbonyl (C=O) groups is 1. The Balaban J connectivity index is 1.64. The van der Waals surface area contributed by atoms with Gasteiger partial charge in [0.1, 0.15) is 5.82 Å². The second kappa shape index (κ2) is 9.92. The SMILES string of the molecule is CCOC(=O)CCc1cccc(-c2cc3ccccc3c(N3CCN(CC)CC3)n2)c1. The molecule has 162 valence electrons.